The van der Waals surface area contributed by atoms with Crippen LogP contribution in [0.1, 0.15) is 28.5 Å². The Labute approximate surface area is 181 Å². The molecule has 0 aliphatic rings. The number of nitrogens with zero attached hydrogens (tertiary/aromatic N) is 2. The van der Waals surface area contributed by atoms with Gasteiger partial charge in [0, 0.05) is 12.4 Å². The van der Waals surface area contributed by atoms with Crippen LogP contribution in [-0.4, -0.2) is 28.5 Å². The van der Waals surface area contributed by atoms with E-state index in [1.807, 2.05) is 76.3 Å². The van der Waals surface area contributed by atoms with Crippen LogP contribution in [0.25, 0.3) is 10.4 Å². The van der Waals surface area contributed by atoms with E-state index in [1.165, 1.54) is 18.4 Å². The lowest BCUT2D eigenvalue weighted by molar-refractivity contribution is -0.116. The van der Waals surface area contributed by atoms with E-state index in [2.05, 4.69) is 10.3 Å². The van der Waals surface area contributed by atoms with E-state index in [1.54, 1.807) is 11.3 Å². The lowest BCUT2D eigenvalue weighted by Gasteiger charge is -2.17. The molecule has 1 N–H and O–H groups in total. The summed E-state index contributed by atoms with van der Waals surface area (Å²) in [6.45, 7) is 0. The average molecular weight is 438 g/mol. The summed E-state index contributed by atoms with van der Waals surface area (Å²) in [4.78, 5) is 30.0. The summed E-state index contributed by atoms with van der Waals surface area (Å²) in [5.74, 6) is -0.709. The highest BCUT2D eigenvalue weighted by molar-refractivity contribution is 7.19. The molecule has 1 atom stereocenters. The van der Waals surface area contributed by atoms with Crippen LogP contribution in [-0.2, 0) is 9.53 Å². The molecule has 3 heterocycles. The van der Waals surface area contributed by atoms with Crippen molar-refractivity contribution in [2.24, 2.45) is 0 Å². The van der Waals surface area contributed by atoms with Gasteiger partial charge in [-0.2, -0.15) is 11.3 Å². The zero-order valence-electron chi connectivity index (χ0n) is 16.1. The Bertz CT molecular complexity index is 1090. The molecule has 152 valence electrons. The molecule has 30 heavy (non-hydrogen) atoms. The summed E-state index contributed by atoms with van der Waals surface area (Å²) in [5, 5.41) is 7.27. The molecule has 6 nitrogen and oxygen atoms in total. The van der Waals surface area contributed by atoms with Crippen LogP contribution in [0.2, 0.25) is 0 Å². The number of amides is 1. The molecule has 0 spiro atoms. The second-order valence-corrected chi connectivity index (χ2v) is 8.29. The Balaban J connectivity index is 1.57. The maximum absolute atomic E-state index is 12.8. The van der Waals surface area contributed by atoms with Crippen LogP contribution >= 0.6 is 22.7 Å². The van der Waals surface area contributed by atoms with Gasteiger partial charge in [0.1, 0.15) is 0 Å². The molecule has 0 saturated heterocycles. The van der Waals surface area contributed by atoms with Crippen LogP contribution in [0.15, 0.2) is 71.7 Å². The zero-order chi connectivity index (χ0) is 20.9. The number of thiophene rings is 1. The van der Waals surface area contributed by atoms with Crippen molar-refractivity contribution in [1.82, 2.24) is 9.55 Å². The van der Waals surface area contributed by atoms with E-state index in [0.717, 1.165) is 11.1 Å². The van der Waals surface area contributed by atoms with Crippen LogP contribution in [0.5, 0.6) is 0 Å². The molecule has 0 unspecified atom stereocenters. The summed E-state index contributed by atoms with van der Waals surface area (Å²) in [5.41, 5.74) is 2.12. The summed E-state index contributed by atoms with van der Waals surface area (Å²) in [6.07, 6.45) is 4.14. The monoisotopic (exact) mass is 437 g/mol. The number of nitrogens with one attached hydrogen (secondary N) is 1. The minimum absolute atomic E-state index is 0.111. The number of aromatic nitrogens is 2. The average Bonchev–Trinajstić information content (AvgIpc) is 3.54. The molecule has 8 heteroatoms. The Kier molecular flexibility index (Phi) is 6.06. The first-order valence-corrected chi connectivity index (χ1v) is 11.0. The SMILES string of the molecule is COC(=O)c1nc(NC(=O)C[C@H](c2ccsc2)n2cccc2)sc1-c1ccccc1. The van der Waals surface area contributed by atoms with Gasteiger partial charge in [0.2, 0.25) is 5.91 Å². The number of carbonyl (C=O) groups excluding carboxylic acids is 2. The first-order valence-electron chi connectivity index (χ1n) is 9.24. The molecule has 0 aliphatic carbocycles. The first kappa shape index (κ1) is 20.1. The highest BCUT2D eigenvalue weighted by atomic mass is 32.1. The van der Waals surface area contributed by atoms with Crippen LogP contribution < -0.4 is 5.32 Å². The molecule has 1 aromatic carbocycles. The van der Waals surface area contributed by atoms with Gasteiger partial charge < -0.3 is 14.6 Å². The summed E-state index contributed by atoms with van der Waals surface area (Å²) in [6, 6.07) is 15.2. The minimum Gasteiger partial charge on any atom is -0.464 e. The van der Waals surface area contributed by atoms with E-state index >= 15 is 0 Å². The van der Waals surface area contributed by atoms with Crippen LogP contribution in [0.4, 0.5) is 5.13 Å². The second-order valence-electron chi connectivity index (χ2n) is 6.51. The van der Waals surface area contributed by atoms with E-state index in [4.69, 9.17) is 4.74 Å². The van der Waals surface area contributed by atoms with Crippen molar-refractivity contribution in [3.05, 3.63) is 82.9 Å². The largest absolute Gasteiger partial charge is 0.464 e. The van der Waals surface area contributed by atoms with Crippen LogP contribution in [0, 0.1) is 0 Å². The van der Waals surface area contributed by atoms with Crippen molar-refractivity contribution in [1.29, 1.82) is 0 Å². The number of ether oxygens (including phenoxy) is 1. The van der Waals surface area contributed by atoms with Gasteiger partial charge in [0.25, 0.3) is 0 Å². The fourth-order valence-corrected chi connectivity index (χ4v) is 4.84. The predicted molar refractivity (Wildman–Crippen MR) is 119 cm³/mol. The lowest BCUT2D eigenvalue weighted by atomic mass is 10.1. The van der Waals surface area contributed by atoms with Crippen molar-refractivity contribution >= 4 is 39.7 Å². The van der Waals surface area contributed by atoms with Gasteiger partial charge in [-0.05, 0) is 40.1 Å². The molecule has 0 aliphatic heterocycles. The van der Waals surface area contributed by atoms with Gasteiger partial charge in [-0.3, -0.25) is 4.79 Å². The minimum atomic E-state index is -0.533. The van der Waals surface area contributed by atoms with Gasteiger partial charge >= 0.3 is 5.97 Å². The van der Waals surface area contributed by atoms with Crippen LogP contribution in [0.3, 0.4) is 0 Å². The molecule has 4 aromatic rings. The fourth-order valence-electron chi connectivity index (χ4n) is 3.16. The van der Waals surface area contributed by atoms with Crippen molar-refractivity contribution in [3.63, 3.8) is 0 Å². The smallest absolute Gasteiger partial charge is 0.358 e. The number of rotatable bonds is 7. The number of hydrogen-bond donors (Lipinski definition) is 1. The van der Waals surface area contributed by atoms with Crippen molar-refractivity contribution in [3.8, 4) is 10.4 Å². The summed E-state index contributed by atoms with van der Waals surface area (Å²) in [7, 11) is 1.32. The van der Waals surface area contributed by atoms with Gasteiger partial charge in [-0.25, -0.2) is 9.78 Å². The standard InChI is InChI=1S/C22H19N3O3S2/c1-28-21(27)19-20(15-7-3-2-4-8-15)30-22(24-19)23-18(26)13-17(16-9-12-29-14-16)25-10-5-6-11-25/h2-12,14,17H,13H2,1H3,(H,23,24,26)/t17-/m1/s1. The number of methoxy groups -OCH3 is 1. The summed E-state index contributed by atoms with van der Waals surface area (Å²) >= 11 is 2.86. The maximum atomic E-state index is 12.8. The van der Waals surface area contributed by atoms with Crippen molar-refractivity contribution in [2.45, 2.75) is 12.5 Å². The van der Waals surface area contributed by atoms with E-state index in [-0.39, 0.29) is 24.1 Å². The normalized spacial score (nSPS) is 11.8. The summed E-state index contributed by atoms with van der Waals surface area (Å²) < 4.78 is 6.88. The Morgan fingerprint density at radius 2 is 1.90 bits per heavy atom. The van der Waals surface area contributed by atoms with Gasteiger partial charge in [-0.1, -0.05) is 41.7 Å². The van der Waals surface area contributed by atoms with E-state index in [9.17, 15) is 9.59 Å². The molecule has 0 bridgehead atoms. The highest BCUT2D eigenvalue weighted by Gasteiger charge is 2.23. The number of thiazole rings is 1. The van der Waals surface area contributed by atoms with Crippen molar-refractivity contribution < 1.29 is 14.3 Å². The molecule has 3 aromatic heterocycles. The van der Waals surface area contributed by atoms with Crippen molar-refractivity contribution in [2.75, 3.05) is 12.4 Å². The van der Waals surface area contributed by atoms with Gasteiger partial charge in [0.15, 0.2) is 10.8 Å². The third kappa shape index (κ3) is 4.34. The third-order valence-electron chi connectivity index (χ3n) is 4.58. The molecule has 0 saturated carbocycles. The fraction of sp³-hybridized carbons (Fsp3) is 0.136. The van der Waals surface area contributed by atoms with E-state index in [0.29, 0.717) is 10.0 Å². The van der Waals surface area contributed by atoms with Gasteiger partial charge in [0.05, 0.1) is 24.4 Å². The number of anilines is 1. The number of carbonyl (C=O) groups is 2. The molecule has 0 fully saturated rings. The second kappa shape index (κ2) is 9.06. The first-order chi connectivity index (χ1) is 14.7. The maximum Gasteiger partial charge on any atom is 0.358 e. The third-order valence-corrected chi connectivity index (χ3v) is 6.30. The van der Waals surface area contributed by atoms with E-state index < -0.39 is 5.97 Å². The topological polar surface area (TPSA) is 73.2 Å². The molecular formula is C22H19N3O3S2. The Morgan fingerprint density at radius 1 is 1.13 bits per heavy atom. The number of benzene rings is 1. The number of esters is 1. The number of hydrogen-bond acceptors (Lipinski definition) is 6. The quantitative estimate of drug-likeness (QED) is 0.409. The Hall–Kier alpha value is -3.23. The molecule has 0 radical (unpaired) electrons. The Morgan fingerprint density at radius 3 is 2.57 bits per heavy atom. The molecule has 1 amide bonds. The molecule has 4 rings (SSSR count). The molecular weight excluding hydrogens is 418 g/mol. The zero-order valence-corrected chi connectivity index (χ0v) is 17.8. The lowest BCUT2D eigenvalue weighted by Crippen LogP contribution is -2.19. The highest BCUT2D eigenvalue weighted by Crippen LogP contribution is 2.34. The predicted octanol–water partition coefficient (Wildman–Crippen LogP) is 5.08. The van der Waals surface area contributed by atoms with Gasteiger partial charge in [-0.15, -0.1) is 0 Å².